The van der Waals surface area contributed by atoms with E-state index in [-0.39, 0.29) is 29.6 Å². The van der Waals surface area contributed by atoms with Crippen LogP contribution in [0, 0.1) is 5.82 Å². The smallest absolute Gasteiger partial charge is 0.306 e. The maximum Gasteiger partial charge on any atom is 0.306 e. The van der Waals surface area contributed by atoms with Crippen molar-refractivity contribution in [3.63, 3.8) is 0 Å². The second-order valence-corrected chi connectivity index (χ2v) is 8.76. The lowest BCUT2D eigenvalue weighted by Crippen LogP contribution is -2.08. The van der Waals surface area contributed by atoms with Crippen LogP contribution in [0.3, 0.4) is 0 Å². The number of aryl methyl sites for hydroxylation is 1. The third kappa shape index (κ3) is 4.16. The van der Waals surface area contributed by atoms with Gasteiger partial charge in [-0.05, 0) is 75.6 Å². The normalized spacial score (nSPS) is 15.1. The first kappa shape index (κ1) is 22.1. The molecule has 4 aromatic rings. The van der Waals surface area contributed by atoms with Gasteiger partial charge in [0.2, 0.25) is 5.82 Å². The molecule has 1 aliphatic carbocycles. The monoisotopic (exact) mass is 463 g/mol. The maximum atomic E-state index is 14.4. The Morgan fingerprint density at radius 3 is 2.82 bits per heavy atom. The van der Waals surface area contributed by atoms with Gasteiger partial charge in [-0.15, -0.1) is 0 Å². The van der Waals surface area contributed by atoms with Crippen molar-refractivity contribution in [3.8, 4) is 28.6 Å². The zero-order valence-corrected chi connectivity index (χ0v) is 19.4. The molecule has 0 saturated heterocycles. The van der Waals surface area contributed by atoms with Gasteiger partial charge in [-0.3, -0.25) is 4.79 Å². The number of nitrogens with zero attached hydrogens (tertiary/aromatic N) is 2. The van der Waals surface area contributed by atoms with Gasteiger partial charge in [0.05, 0.1) is 19.1 Å². The molecule has 0 fully saturated rings. The number of carbonyl (C=O) groups is 1. The average Bonchev–Trinajstić information content (AvgIpc) is 3.51. The molecule has 1 aliphatic rings. The molecule has 0 saturated carbocycles. The molecular weight excluding hydrogens is 437 g/mol. The van der Waals surface area contributed by atoms with Gasteiger partial charge in [-0.25, -0.2) is 4.39 Å². The van der Waals surface area contributed by atoms with E-state index >= 15 is 0 Å². The Bertz CT molecular complexity index is 1360. The van der Waals surface area contributed by atoms with Crippen molar-refractivity contribution in [3.05, 3.63) is 53.5 Å². The molecule has 0 aliphatic heterocycles. The molecule has 176 valence electrons. The Balaban J connectivity index is 1.41. The predicted molar refractivity (Wildman–Crippen MR) is 125 cm³/mol. The van der Waals surface area contributed by atoms with E-state index in [1.165, 1.54) is 11.6 Å². The molecule has 0 bridgehead atoms. The Morgan fingerprint density at radius 1 is 1.24 bits per heavy atom. The highest BCUT2D eigenvalue weighted by atomic mass is 19.1. The molecule has 2 aromatic carbocycles. The number of fused-ring (bicyclic) bond motifs is 3. The number of hydrogen-bond donors (Lipinski definition) is 1. The highest BCUT2D eigenvalue weighted by Crippen LogP contribution is 2.40. The van der Waals surface area contributed by atoms with Crippen LogP contribution in [0.5, 0.6) is 5.75 Å². The van der Waals surface area contributed by atoms with Crippen LogP contribution in [-0.4, -0.2) is 33.8 Å². The standard InChI is InChI=1S/C26H26FN3O4/c1-4-32-23(31)13-15-5-8-18-19-11-16(6-9-21(19)28-24(15)18)25-29-26(34-30-25)17-7-10-22(20(27)12-17)33-14(2)3/h6-7,9-12,14-15,28H,4-5,8,13H2,1-3H3. The highest BCUT2D eigenvalue weighted by molar-refractivity contribution is 5.89. The van der Waals surface area contributed by atoms with Crippen molar-refractivity contribution < 1.29 is 23.2 Å². The van der Waals surface area contributed by atoms with Gasteiger partial charge in [0.15, 0.2) is 11.6 Å². The van der Waals surface area contributed by atoms with E-state index in [1.807, 2.05) is 39.0 Å². The van der Waals surface area contributed by atoms with E-state index in [2.05, 4.69) is 15.1 Å². The lowest BCUT2D eigenvalue weighted by Gasteiger charge is -2.10. The number of aromatic amines is 1. The lowest BCUT2D eigenvalue weighted by molar-refractivity contribution is -0.143. The van der Waals surface area contributed by atoms with Crippen molar-refractivity contribution in [1.29, 1.82) is 0 Å². The van der Waals surface area contributed by atoms with Crippen LogP contribution in [0.4, 0.5) is 4.39 Å². The van der Waals surface area contributed by atoms with Crippen molar-refractivity contribution in [2.75, 3.05) is 6.61 Å². The number of ether oxygens (including phenoxy) is 2. The molecule has 7 nitrogen and oxygen atoms in total. The van der Waals surface area contributed by atoms with Crippen LogP contribution in [0.1, 0.15) is 50.8 Å². The Morgan fingerprint density at radius 2 is 2.06 bits per heavy atom. The molecule has 0 radical (unpaired) electrons. The Labute approximate surface area is 196 Å². The molecule has 34 heavy (non-hydrogen) atoms. The summed E-state index contributed by atoms with van der Waals surface area (Å²) in [5.74, 6) is 0.340. The summed E-state index contributed by atoms with van der Waals surface area (Å²) in [7, 11) is 0. The number of benzene rings is 2. The molecule has 1 N–H and O–H groups in total. The van der Waals surface area contributed by atoms with Crippen LogP contribution in [0.2, 0.25) is 0 Å². The van der Waals surface area contributed by atoms with Crippen LogP contribution < -0.4 is 4.74 Å². The fraction of sp³-hybridized carbons (Fsp3) is 0.346. The van der Waals surface area contributed by atoms with Gasteiger partial charge in [-0.2, -0.15) is 4.98 Å². The summed E-state index contributed by atoms with van der Waals surface area (Å²) in [6.45, 7) is 5.89. The molecule has 0 amide bonds. The van der Waals surface area contributed by atoms with E-state index in [9.17, 15) is 9.18 Å². The number of esters is 1. The number of hydrogen-bond acceptors (Lipinski definition) is 6. The van der Waals surface area contributed by atoms with E-state index in [0.29, 0.717) is 24.4 Å². The van der Waals surface area contributed by atoms with Crippen LogP contribution >= 0.6 is 0 Å². The topological polar surface area (TPSA) is 90.2 Å². The van der Waals surface area contributed by atoms with Crippen LogP contribution in [-0.2, 0) is 16.0 Å². The van der Waals surface area contributed by atoms with Crippen molar-refractivity contribution in [1.82, 2.24) is 15.1 Å². The lowest BCUT2D eigenvalue weighted by atomic mass is 10.0. The third-order valence-corrected chi connectivity index (χ3v) is 6.03. The number of halogens is 1. The Kier molecular flexibility index (Phi) is 5.81. The average molecular weight is 464 g/mol. The molecule has 2 aromatic heterocycles. The van der Waals surface area contributed by atoms with Gasteiger partial charge in [0.1, 0.15) is 0 Å². The second kappa shape index (κ2) is 8.93. The van der Waals surface area contributed by atoms with Crippen molar-refractivity contribution in [2.24, 2.45) is 0 Å². The molecule has 2 heterocycles. The predicted octanol–water partition coefficient (Wildman–Crippen LogP) is 5.79. The molecule has 0 spiro atoms. The Hall–Kier alpha value is -3.68. The van der Waals surface area contributed by atoms with E-state index in [0.717, 1.165) is 35.0 Å². The number of nitrogens with one attached hydrogen (secondary N) is 1. The number of aromatic nitrogens is 3. The fourth-order valence-electron chi connectivity index (χ4n) is 4.55. The van der Waals surface area contributed by atoms with Gasteiger partial charge >= 0.3 is 5.97 Å². The van der Waals surface area contributed by atoms with Gasteiger partial charge < -0.3 is 19.0 Å². The van der Waals surface area contributed by atoms with Crippen LogP contribution in [0.15, 0.2) is 40.9 Å². The molecule has 1 unspecified atom stereocenters. The molecular formula is C26H26FN3O4. The summed E-state index contributed by atoms with van der Waals surface area (Å²) in [5, 5.41) is 5.20. The minimum atomic E-state index is -0.479. The van der Waals surface area contributed by atoms with Gasteiger partial charge in [0.25, 0.3) is 5.89 Å². The summed E-state index contributed by atoms with van der Waals surface area (Å²) in [4.78, 5) is 19.9. The van der Waals surface area contributed by atoms with E-state index in [1.54, 1.807) is 12.1 Å². The summed E-state index contributed by atoms with van der Waals surface area (Å²) in [6, 6.07) is 10.5. The maximum absolute atomic E-state index is 14.4. The van der Waals surface area contributed by atoms with E-state index in [4.69, 9.17) is 14.0 Å². The first-order valence-corrected chi connectivity index (χ1v) is 11.5. The summed E-state index contributed by atoms with van der Waals surface area (Å²) < 4.78 is 30.4. The van der Waals surface area contributed by atoms with Crippen molar-refractivity contribution >= 4 is 16.9 Å². The fourth-order valence-corrected chi connectivity index (χ4v) is 4.55. The summed E-state index contributed by atoms with van der Waals surface area (Å²) >= 11 is 0. The largest absolute Gasteiger partial charge is 0.488 e. The number of H-pyrrole nitrogens is 1. The zero-order chi connectivity index (χ0) is 23.8. The van der Waals surface area contributed by atoms with E-state index < -0.39 is 5.82 Å². The third-order valence-electron chi connectivity index (χ3n) is 6.03. The molecule has 5 rings (SSSR count). The number of rotatable bonds is 7. The molecule has 1 atom stereocenters. The second-order valence-electron chi connectivity index (χ2n) is 8.76. The quantitative estimate of drug-likeness (QED) is 0.349. The first-order chi connectivity index (χ1) is 16.4. The minimum Gasteiger partial charge on any atom is -0.488 e. The highest BCUT2D eigenvalue weighted by Gasteiger charge is 2.29. The molecule has 8 heteroatoms. The summed E-state index contributed by atoms with van der Waals surface area (Å²) in [5.41, 5.74) is 4.62. The van der Waals surface area contributed by atoms with Gasteiger partial charge in [0, 0.05) is 33.6 Å². The SMILES string of the molecule is CCOC(=O)CC1CCc2c1[nH]c1ccc(-c3noc(-c4ccc(OC(C)C)c(F)c4)n3)cc21. The zero-order valence-electron chi connectivity index (χ0n) is 19.4. The van der Waals surface area contributed by atoms with Gasteiger partial charge in [-0.1, -0.05) is 5.16 Å². The van der Waals surface area contributed by atoms with Crippen molar-refractivity contribution in [2.45, 2.75) is 52.1 Å². The minimum absolute atomic E-state index is 0.124. The van der Waals surface area contributed by atoms with Crippen LogP contribution in [0.25, 0.3) is 33.7 Å². The number of carbonyl (C=O) groups excluding carboxylic acids is 1. The first-order valence-electron chi connectivity index (χ1n) is 11.5. The summed E-state index contributed by atoms with van der Waals surface area (Å²) in [6.07, 6.45) is 2.06.